The second-order valence-electron chi connectivity index (χ2n) is 5.19. The summed E-state index contributed by atoms with van der Waals surface area (Å²) in [5.41, 5.74) is -0.0939. The summed E-state index contributed by atoms with van der Waals surface area (Å²) in [6, 6.07) is 3.70. The first-order valence-corrected chi connectivity index (χ1v) is 6.45. The lowest BCUT2D eigenvalue weighted by atomic mass is 9.95. The molecule has 1 amide bonds. The predicted molar refractivity (Wildman–Crippen MR) is 69.5 cm³/mol. The van der Waals surface area contributed by atoms with Gasteiger partial charge in [0.25, 0.3) is 0 Å². The number of aliphatic carboxylic acids is 1. The maximum atomic E-state index is 11.9. The van der Waals surface area contributed by atoms with Gasteiger partial charge < -0.3 is 10.4 Å². The van der Waals surface area contributed by atoms with Crippen molar-refractivity contribution in [1.82, 2.24) is 10.3 Å². The molecule has 1 aliphatic rings. The average molecular weight is 262 g/mol. The number of aryl methyl sites for hydroxylation is 1. The van der Waals surface area contributed by atoms with Gasteiger partial charge in [0.2, 0.25) is 5.91 Å². The molecule has 5 heteroatoms. The standard InChI is InChI=1S/C14H18N2O3/c1-14(13(18)19,11-3-4-11)16-12(17)5-2-10-6-8-15-9-7-10/h6-9,11H,2-5H2,1H3,(H,16,17)(H,18,19). The number of carboxylic acid groups (broad SMARTS) is 1. The van der Waals surface area contributed by atoms with Gasteiger partial charge in [-0.25, -0.2) is 4.79 Å². The van der Waals surface area contributed by atoms with Gasteiger partial charge in [-0.3, -0.25) is 9.78 Å². The molecule has 102 valence electrons. The number of nitrogens with zero attached hydrogens (tertiary/aromatic N) is 1. The van der Waals surface area contributed by atoms with Crippen LogP contribution in [0.25, 0.3) is 0 Å². The van der Waals surface area contributed by atoms with Crippen LogP contribution in [0.2, 0.25) is 0 Å². The van der Waals surface area contributed by atoms with E-state index >= 15 is 0 Å². The van der Waals surface area contributed by atoms with E-state index in [9.17, 15) is 14.7 Å². The number of pyridine rings is 1. The highest BCUT2D eigenvalue weighted by atomic mass is 16.4. The monoisotopic (exact) mass is 262 g/mol. The van der Waals surface area contributed by atoms with Crippen LogP contribution in [0.3, 0.4) is 0 Å². The quantitative estimate of drug-likeness (QED) is 0.811. The second-order valence-corrected chi connectivity index (χ2v) is 5.19. The van der Waals surface area contributed by atoms with Crippen molar-refractivity contribution in [3.63, 3.8) is 0 Å². The minimum absolute atomic E-state index is 0.0647. The fourth-order valence-electron chi connectivity index (χ4n) is 2.15. The number of carbonyl (C=O) groups is 2. The molecule has 1 unspecified atom stereocenters. The number of hydrogen-bond acceptors (Lipinski definition) is 3. The zero-order valence-corrected chi connectivity index (χ0v) is 10.9. The molecule has 1 fully saturated rings. The minimum atomic E-state index is -1.12. The Morgan fingerprint density at radius 1 is 1.42 bits per heavy atom. The first-order chi connectivity index (χ1) is 9.02. The van der Waals surface area contributed by atoms with Crippen molar-refractivity contribution in [2.75, 3.05) is 0 Å². The largest absolute Gasteiger partial charge is 0.480 e. The molecule has 0 aliphatic heterocycles. The maximum Gasteiger partial charge on any atom is 0.329 e. The topological polar surface area (TPSA) is 79.3 Å². The molecular formula is C14H18N2O3. The van der Waals surface area contributed by atoms with E-state index in [0.29, 0.717) is 12.8 Å². The first kappa shape index (κ1) is 13.5. The van der Waals surface area contributed by atoms with Gasteiger partial charge in [-0.15, -0.1) is 0 Å². The van der Waals surface area contributed by atoms with Crippen LogP contribution >= 0.6 is 0 Å². The van der Waals surface area contributed by atoms with Crippen molar-refractivity contribution in [3.8, 4) is 0 Å². The number of amides is 1. The third-order valence-corrected chi connectivity index (χ3v) is 3.63. The predicted octanol–water partition coefficient (Wildman–Crippen LogP) is 1.38. The Morgan fingerprint density at radius 2 is 2.05 bits per heavy atom. The lowest BCUT2D eigenvalue weighted by Gasteiger charge is -2.26. The van der Waals surface area contributed by atoms with E-state index in [1.54, 1.807) is 19.3 Å². The van der Waals surface area contributed by atoms with Gasteiger partial charge in [0.1, 0.15) is 5.54 Å². The Morgan fingerprint density at radius 3 is 2.58 bits per heavy atom. The van der Waals surface area contributed by atoms with Crippen LogP contribution in [0, 0.1) is 5.92 Å². The lowest BCUT2D eigenvalue weighted by Crippen LogP contribution is -2.54. The number of carboxylic acids is 1. The molecule has 19 heavy (non-hydrogen) atoms. The van der Waals surface area contributed by atoms with E-state index in [0.717, 1.165) is 18.4 Å². The number of carbonyl (C=O) groups excluding carboxylic acids is 1. The van der Waals surface area contributed by atoms with E-state index in [4.69, 9.17) is 0 Å². The molecule has 1 saturated carbocycles. The molecule has 1 atom stereocenters. The molecule has 1 aromatic rings. The van der Waals surface area contributed by atoms with E-state index in [1.807, 2.05) is 12.1 Å². The number of nitrogens with one attached hydrogen (secondary N) is 1. The van der Waals surface area contributed by atoms with Gasteiger partial charge in [-0.1, -0.05) is 0 Å². The normalized spacial score (nSPS) is 17.5. The van der Waals surface area contributed by atoms with Crippen LogP contribution in [-0.2, 0) is 16.0 Å². The Labute approximate surface area is 112 Å². The molecule has 0 spiro atoms. The van der Waals surface area contributed by atoms with E-state index < -0.39 is 11.5 Å². The van der Waals surface area contributed by atoms with Gasteiger partial charge in [-0.2, -0.15) is 0 Å². The molecule has 0 aromatic carbocycles. The molecule has 0 saturated heterocycles. The highest BCUT2D eigenvalue weighted by Gasteiger charge is 2.48. The number of aromatic nitrogens is 1. The summed E-state index contributed by atoms with van der Waals surface area (Å²) < 4.78 is 0. The minimum Gasteiger partial charge on any atom is -0.480 e. The molecule has 0 radical (unpaired) electrons. The zero-order chi connectivity index (χ0) is 13.9. The summed E-state index contributed by atoms with van der Waals surface area (Å²) in [6.45, 7) is 1.59. The summed E-state index contributed by atoms with van der Waals surface area (Å²) in [7, 11) is 0. The van der Waals surface area contributed by atoms with Crippen molar-refractivity contribution < 1.29 is 14.7 Å². The van der Waals surface area contributed by atoms with Gasteiger partial charge in [0.15, 0.2) is 0 Å². The summed E-state index contributed by atoms with van der Waals surface area (Å²) in [6.07, 6.45) is 5.98. The molecule has 2 rings (SSSR count). The third kappa shape index (κ3) is 3.30. The summed E-state index contributed by atoms with van der Waals surface area (Å²) in [4.78, 5) is 27.1. The Bertz CT molecular complexity index is 471. The molecule has 1 aromatic heterocycles. The van der Waals surface area contributed by atoms with Crippen LogP contribution in [0.15, 0.2) is 24.5 Å². The highest BCUT2D eigenvalue weighted by Crippen LogP contribution is 2.39. The summed E-state index contributed by atoms with van der Waals surface area (Å²) in [5, 5.41) is 11.9. The van der Waals surface area contributed by atoms with Crippen molar-refractivity contribution in [2.45, 2.75) is 38.1 Å². The first-order valence-electron chi connectivity index (χ1n) is 6.45. The number of hydrogen-bond donors (Lipinski definition) is 2. The van der Waals surface area contributed by atoms with Crippen LogP contribution < -0.4 is 5.32 Å². The fraction of sp³-hybridized carbons (Fsp3) is 0.500. The van der Waals surface area contributed by atoms with Crippen LogP contribution in [0.5, 0.6) is 0 Å². The molecule has 2 N–H and O–H groups in total. The van der Waals surface area contributed by atoms with E-state index in [1.165, 1.54) is 0 Å². The third-order valence-electron chi connectivity index (χ3n) is 3.63. The molecular weight excluding hydrogens is 244 g/mol. The Kier molecular flexibility index (Phi) is 3.83. The summed E-state index contributed by atoms with van der Waals surface area (Å²) in [5.74, 6) is -1.10. The van der Waals surface area contributed by atoms with Crippen molar-refractivity contribution >= 4 is 11.9 Å². The molecule has 1 heterocycles. The van der Waals surface area contributed by atoms with Crippen LogP contribution in [0.4, 0.5) is 0 Å². The molecule has 0 bridgehead atoms. The van der Waals surface area contributed by atoms with Gasteiger partial charge in [0, 0.05) is 18.8 Å². The van der Waals surface area contributed by atoms with Crippen molar-refractivity contribution in [1.29, 1.82) is 0 Å². The maximum absolute atomic E-state index is 11.9. The van der Waals surface area contributed by atoms with E-state index in [2.05, 4.69) is 10.3 Å². The molecule has 1 aliphatic carbocycles. The average Bonchev–Trinajstić information content (AvgIpc) is 3.22. The molecule has 5 nitrogen and oxygen atoms in total. The highest BCUT2D eigenvalue weighted by molar-refractivity contribution is 5.87. The van der Waals surface area contributed by atoms with Crippen molar-refractivity contribution in [3.05, 3.63) is 30.1 Å². The van der Waals surface area contributed by atoms with Crippen LogP contribution in [0.1, 0.15) is 31.7 Å². The Hall–Kier alpha value is -1.91. The number of rotatable bonds is 6. The van der Waals surface area contributed by atoms with Crippen molar-refractivity contribution in [2.24, 2.45) is 5.92 Å². The second kappa shape index (κ2) is 5.38. The zero-order valence-electron chi connectivity index (χ0n) is 10.9. The van der Waals surface area contributed by atoms with Gasteiger partial charge in [-0.05, 0) is 49.8 Å². The van der Waals surface area contributed by atoms with E-state index in [-0.39, 0.29) is 11.8 Å². The SMILES string of the molecule is CC(NC(=O)CCc1ccncc1)(C(=O)O)C1CC1. The van der Waals surface area contributed by atoms with Crippen LogP contribution in [-0.4, -0.2) is 27.5 Å². The fourth-order valence-corrected chi connectivity index (χ4v) is 2.15. The lowest BCUT2D eigenvalue weighted by molar-refractivity contribution is -0.147. The smallest absolute Gasteiger partial charge is 0.329 e. The summed E-state index contributed by atoms with van der Waals surface area (Å²) >= 11 is 0. The Balaban J connectivity index is 1.88. The van der Waals surface area contributed by atoms with Gasteiger partial charge >= 0.3 is 5.97 Å². The van der Waals surface area contributed by atoms with Gasteiger partial charge in [0.05, 0.1) is 0 Å².